The lowest BCUT2D eigenvalue weighted by Crippen LogP contribution is -2.25. The molecule has 16 heavy (non-hydrogen) atoms. The Hall–Kier alpha value is -1.80. The van der Waals surface area contributed by atoms with Crippen molar-refractivity contribution in [2.45, 2.75) is 12.7 Å². The monoisotopic (exact) mass is 238 g/mol. The predicted octanol–water partition coefficient (Wildman–Crippen LogP) is 0.605. The Kier molecular flexibility index (Phi) is 3.06. The molecule has 0 aliphatic rings. The van der Waals surface area contributed by atoms with E-state index in [1.807, 2.05) is 0 Å². The van der Waals surface area contributed by atoms with Crippen LogP contribution in [0.4, 0.5) is 19.1 Å². The maximum absolute atomic E-state index is 12.2. The van der Waals surface area contributed by atoms with Crippen LogP contribution in [0.1, 0.15) is 10.6 Å². The van der Waals surface area contributed by atoms with Crippen molar-refractivity contribution in [3.63, 3.8) is 0 Å². The molecule has 0 radical (unpaired) electrons. The molecule has 0 saturated carbocycles. The molecule has 0 spiro atoms. The summed E-state index contributed by atoms with van der Waals surface area (Å²) in [5.41, 5.74) is 0. The number of aromatic carboxylic acids is 1. The van der Waals surface area contributed by atoms with Gasteiger partial charge in [0.1, 0.15) is 6.54 Å². The second kappa shape index (κ2) is 3.99. The molecule has 0 atom stereocenters. The summed E-state index contributed by atoms with van der Waals surface area (Å²) in [7, 11) is 2.89. The number of carboxylic acid groups (broad SMARTS) is 1. The maximum atomic E-state index is 12.2. The van der Waals surface area contributed by atoms with Crippen LogP contribution < -0.4 is 4.90 Å². The summed E-state index contributed by atoms with van der Waals surface area (Å²) in [5, 5.41) is 15.2. The Balaban J connectivity index is 3.19. The molecule has 0 fully saturated rings. The van der Waals surface area contributed by atoms with Gasteiger partial charge in [0.25, 0.3) is 0 Å². The van der Waals surface area contributed by atoms with Crippen LogP contribution in [0.25, 0.3) is 0 Å². The molecule has 0 aliphatic carbocycles. The summed E-state index contributed by atoms with van der Waals surface area (Å²) < 4.78 is 37.2. The number of hydrogen-bond acceptors (Lipinski definition) is 4. The van der Waals surface area contributed by atoms with Crippen molar-refractivity contribution in [1.29, 1.82) is 0 Å². The lowest BCUT2D eigenvalue weighted by Gasteiger charge is -2.15. The Bertz CT molecular complexity index is 399. The van der Waals surface area contributed by atoms with Crippen LogP contribution in [0.3, 0.4) is 0 Å². The zero-order valence-electron chi connectivity index (χ0n) is 8.49. The fourth-order valence-corrected chi connectivity index (χ4v) is 1.11. The average Bonchev–Trinajstić information content (AvgIpc) is 2.44. The average molecular weight is 238 g/mol. The van der Waals surface area contributed by atoms with E-state index < -0.39 is 24.5 Å². The molecule has 1 aromatic heterocycles. The van der Waals surface area contributed by atoms with E-state index in [9.17, 15) is 18.0 Å². The van der Waals surface area contributed by atoms with Gasteiger partial charge in [-0.15, -0.1) is 10.2 Å². The lowest BCUT2D eigenvalue weighted by atomic mass is 10.5. The minimum atomic E-state index is -4.53. The largest absolute Gasteiger partial charge is 0.475 e. The van der Waals surface area contributed by atoms with E-state index in [0.717, 1.165) is 0 Å². The zero-order valence-corrected chi connectivity index (χ0v) is 8.49. The summed E-state index contributed by atoms with van der Waals surface area (Å²) in [6, 6.07) is 0. The van der Waals surface area contributed by atoms with E-state index in [-0.39, 0.29) is 5.95 Å². The Labute approximate surface area is 88.3 Å². The van der Waals surface area contributed by atoms with Crippen LogP contribution >= 0.6 is 0 Å². The number of hydrogen-bond donors (Lipinski definition) is 1. The first kappa shape index (κ1) is 12.3. The van der Waals surface area contributed by atoms with Gasteiger partial charge in [-0.05, 0) is 0 Å². The SMILES string of the molecule is CN(C)c1nnc(C(=O)O)n1CC(F)(F)F. The highest BCUT2D eigenvalue weighted by Gasteiger charge is 2.32. The Morgan fingerprint density at radius 3 is 2.38 bits per heavy atom. The third kappa shape index (κ3) is 2.61. The molecule has 1 N–H and O–H groups in total. The van der Waals surface area contributed by atoms with E-state index in [4.69, 9.17) is 5.11 Å². The van der Waals surface area contributed by atoms with E-state index in [2.05, 4.69) is 10.2 Å². The van der Waals surface area contributed by atoms with Crippen LogP contribution in [0.5, 0.6) is 0 Å². The highest BCUT2D eigenvalue weighted by atomic mass is 19.4. The summed E-state index contributed by atoms with van der Waals surface area (Å²) in [6.45, 7) is -1.44. The van der Waals surface area contributed by atoms with E-state index in [0.29, 0.717) is 4.57 Å². The van der Waals surface area contributed by atoms with Gasteiger partial charge in [-0.3, -0.25) is 4.57 Å². The molecule has 90 valence electrons. The second-order valence-corrected chi connectivity index (χ2v) is 3.22. The molecule has 0 saturated heterocycles. The van der Waals surface area contributed by atoms with Crippen molar-refractivity contribution >= 4 is 11.9 Å². The van der Waals surface area contributed by atoms with Crippen molar-refractivity contribution < 1.29 is 23.1 Å². The van der Waals surface area contributed by atoms with E-state index in [1.165, 1.54) is 19.0 Å². The van der Waals surface area contributed by atoms with Gasteiger partial charge in [0.05, 0.1) is 0 Å². The summed E-state index contributed by atoms with van der Waals surface area (Å²) >= 11 is 0. The number of carboxylic acids is 1. The van der Waals surface area contributed by atoms with Gasteiger partial charge in [0, 0.05) is 14.1 Å². The fourth-order valence-electron chi connectivity index (χ4n) is 1.11. The van der Waals surface area contributed by atoms with Crippen LogP contribution in [0, 0.1) is 0 Å². The smallest absolute Gasteiger partial charge is 0.406 e. The number of alkyl halides is 3. The summed E-state index contributed by atoms with van der Waals surface area (Å²) in [4.78, 5) is 11.9. The van der Waals surface area contributed by atoms with Crippen molar-refractivity contribution in [2.75, 3.05) is 19.0 Å². The quantitative estimate of drug-likeness (QED) is 0.835. The highest BCUT2D eigenvalue weighted by Crippen LogP contribution is 2.21. The molecule has 0 unspecified atom stereocenters. The molecule has 9 heteroatoms. The molecule has 0 aromatic carbocycles. The standard InChI is InChI=1S/C7H9F3N4O2/c1-13(2)6-12-11-4(5(15)16)14(6)3-7(8,9)10/h3H2,1-2H3,(H,15,16). The predicted molar refractivity (Wildman–Crippen MR) is 47.4 cm³/mol. The normalized spacial score (nSPS) is 11.6. The number of rotatable bonds is 3. The van der Waals surface area contributed by atoms with Crippen LogP contribution in [0.15, 0.2) is 0 Å². The van der Waals surface area contributed by atoms with Crippen molar-refractivity contribution in [2.24, 2.45) is 0 Å². The number of aromatic nitrogens is 3. The Morgan fingerprint density at radius 2 is 2.00 bits per heavy atom. The number of nitrogens with zero attached hydrogens (tertiary/aromatic N) is 4. The highest BCUT2D eigenvalue weighted by molar-refractivity contribution is 5.83. The fraction of sp³-hybridized carbons (Fsp3) is 0.571. The van der Waals surface area contributed by atoms with Gasteiger partial charge in [0.15, 0.2) is 0 Å². The number of anilines is 1. The van der Waals surface area contributed by atoms with Gasteiger partial charge in [0.2, 0.25) is 11.8 Å². The molecule has 1 heterocycles. The summed E-state index contributed by atoms with van der Waals surface area (Å²) in [6.07, 6.45) is -4.53. The van der Waals surface area contributed by atoms with Crippen LogP contribution in [0.2, 0.25) is 0 Å². The van der Waals surface area contributed by atoms with Gasteiger partial charge in [-0.2, -0.15) is 13.2 Å². The van der Waals surface area contributed by atoms with E-state index >= 15 is 0 Å². The van der Waals surface area contributed by atoms with Gasteiger partial charge >= 0.3 is 12.1 Å². The molecular formula is C7H9F3N4O2. The van der Waals surface area contributed by atoms with Gasteiger partial charge < -0.3 is 10.0 Å². The van der Waals surface area contributed by atoms with Gasteiger partial charge in [-0.25, -0.2) is 4.79 Å². The van der Waals surface area contributed by atoms with Gasteiger partial charge in [-0.1, -0.05) is 0 Å². The molecule has 6 nitrogen and oxygen atoms in total. The van der Waals surface area contributed by atoms with Crippen LogP contribution in [-0.2, 0) is 6.54 Å². The first-order chi connectivity index (χ1) is 7.22. The molecule has 1 rings (SSSR count). The molecule has 1 aromatic rings. The minimum Gasteiger partial charge on any atom is -0.475 e. The van der Waals surface area contributed by atoms with E-state index in [1.54, 1.807) is 0 Å². The maximum Gasteiger partial charge on any atom is 0.406 e. The minimum absolute atomic E-state index is 0.158. The molecule has 0 aliphatic heterocycles. The zero-order chi connectivity index (χ0) is 12.5. The van der Waals surface area contributed by atoms with Crippen LogP contribution in [-0.4, -0.2) is 46.1 Å². The van der Waals surface area contributed by atoms with Crippen molar-refractivity contribution in [3.05, 3.63) is 5.82 Å². The Morgan fingerprint density at radius 1 is 1.44 bits per heavy atom. The van der Waals surface area contributed by atoms with Crippen molar-refractivity contribution in [1.82, 2.24) is 14.8 Å². The molecule has 0 amide bonds. The number of carbonyl (C=O) groups is 1. The lowest BCUT2D eigenvalue weighted by molar-refractivity contribution is -0.140. The van der Waals surface area contributed by atoms with Crippen molar-refractivity contribution in [3.8, 4) is 0 Å². The summed E-state index contributed by atoms with van der Waals surface area (Å²) in [5.74, 6) is -2.44. The number of halogens is 3. The molecular weight excluding hydrogens is 229 g/mol. The molecule has 0 bridgehead atoms. The second-order valence-electron chi connectivity index (χ2n) is 3.22. The third-order valence-corrected chi connectivity index (χ3v) is 1.66. The first-order valence-corrected chi connectivity index (χ1v) is 4.13. The first-order valence-electron chi connectivity index (χ1n) is 4.13. The third-order valence-electron chi connectivity index (χ3n) is 1.66. The topological polar surface area (TPSA) is 71.2 Å².